The molecule has 0 saturated carbocycles. The molecule has 0 aliphatic heterocycles. The van der Waals surface area contributed by atoms with Crippen molar-refractivity contribution in [3.63, 3.8) is 0 Å². The van der Waals surface area contributed by atoms with Crippen LogP contribution in [0.15, 0.2) is 18.2 Å². The van der Waals surface area contributed by atoms with Crippen molar-refractivity contribution in [3.8, 4) is 22.1 Å². The Morgan fingerprint density at radius 2 is 1.83 bits per heavy atom. The molecule has 0 fully saturated rings. The van der Waals surface area contributed by atoms with E-state index in [1.165, 1.54) is 16.2 Å². The second-order valence-corrected chi connectivity index (χ2v) is 8.62. The molecular weight excluding hydrogens is 390 g/mol. The van der Waals surface area contributed by atoms with Crippen molar-refractivity contribution in [1.29, 1.82) is 0 Å². The van der Waals surface area contributed by atoms with E-state index >= 15 is 0 Å². The topological polar surface area (TPSA) is 80.8 Å². The van der Waals surface area contributed by atoms with Gasteiger partial charge in [-0.15, -0.1) is 11.3 Å². The van der Waals surface area contributed by atoms with Gasteiger partial charge in [0.1, 0.15) is 9.88 Å². The summed E-state index contributed by atoms with van der Waals surface area (Å²) in [7, 11) is 3.16. The Labute approximate surface area is 176 Å². The third-order valence-electron chi connectivity index (χ3n) is 4.14. The quantitative estimate of drug-likeness (QED) is 0.743. The van der Waals surface area contributed by atoms with E-state index in [4.69, 9.17) is 9.47 Å². The van der Waals surface area contributed by atoms with Gasteiger partial charge >= 0.3 is 0 Å². The van der Waals surface area contributed by atoms with Crippen molar-refractivity contribution in [2.75, 3.05) is 27.3 Å². The van der Waals surface area contributed by atoms with E-state index in [-0.39, 0.29) is 23.9 Å². The molecule has 1 heterocycles. The fraction of sp³-hybridized carbons (Fsp3) is 0.476. The van der Waals surface area contributed by atoms with Gasteiger partial charge in [-0.25, -0.2) is 4.98 Å². The van der Waals surface area contributed by atoms with Crippen molar-refractivity contribution in [2.24, 2.45) is 0 Å². The van der Waals surface area contributed by atoms with Gasteiger partial charge in [-0.3, -0.25) is 9.59 Å². The summed E-state index contributed by atoms with van der Waals surface area (Å²) in [5.74, 6) is 0.843. The Bertz CT molecular complexity index is 887. The standard InChI is InChI=1S/C21H29N3O4S/c1-8-24(12-17(25)23-21(3,4)5)20(26)18-13(2)22-19(29-18)14-9-10-15(27-6)16(11-14)28-7/h9-11H,8,12H2,1-7H3,(H,23,25). The highest BCUT2D eigenvalue weighted by molar-refractivity contribution is 7.17. The highest BCUT2D eigenvalue weighted by Gasteiger charge is 2.24. The molecule has 2 aromatic rings. The molecule has 29 heavy (non-hydrogen) atoms. The fourth-order valence-corrected chi connectivity index (χ4v) is 3.82. The maximum absolute atomic E-state index is 13.0. The molecular formula is C21H29N3O4S. The SMILES string of the molecule is CCN(CC(=O)NC(C)(C)C)C(=O)c1sc(-c2ccc(OC)c(OC)c2)nc1C. The van der Waals surface area contributed by atoms with Gasteiger partial charge in [0.15, 0.2) is 11.5 Å². The Morgan fingerprint density at radius 1 is 1.17 bits per heavy atom. The number of carbonyl (C=O) groups is 2. The zero-order chi connectivity index (χ0) is 21.8. The number of hydrogen-bond donors (Lipinski definition) is 1. The first-order valence-electron chi connectivity index (χ1n) is 9.39. The van der Waals surface area contributed by atoms with Gasteiger partial charge in [0.2, 0.25) is 5.91 Å². The molecule has 1 N–H and O–H groups in total. The lowest BCUT2D eigenvalue weighted by atomic mass is 10.1. The number of thiazole rings is 1. The Hall–Kier alpha value is -2.61. The number of benzene rings is 1. The maximum Gasteiger partial charge on any atom is 0.266 e. The number of carbonyl (C=O) groups excluding carboxylic acids is 2. The van der Waals surface area contributed by atoms with Gasteiger partial charge in [0.05, 0.1) is 26.5 Å². The van der Waals surface area contributed by atoms with Gasteiger partial charge in [0.25, 0.3) is 5.91 Å². The number of aryl methyl sites for hydroxylation is 1. The first-order chi connectivity index (χ1) is 13.6. The van der Waals surface area contributed by atoms with E-state index < -0.39 is 0 Å². The van der Waals surface area contributed by atoms with Gasteiger partial charge in [0, 0.05) is 17.6 Å². The van der Waals surface area contributed by atoms with E-state index in [9.17, 15) is 9.59 Å². The summed E-state index contributed by atoms with van der Waals surface area (Å²) in [6.07, 6.45) is 0. The van der Waals surface area contributed by atoms with Crippen LogP contribution in [0, 0.1) is 6.92 Å². The van der Waals surface area contributed by atoms with Crippen LogP contribution in [0.3, 0.4) is 0 Å². The normalized spacial score (nSPS) is 11.1. The molecule has 2 amide bonds. The van der Waals surface area contributed by atoms with E-state index in [1.54, 1.807) is 21.1 Å². The van der Waals surface area contributed by atoms with Crippen LogP contribution >= 0.6 is 11.3 Å². The van der Waals surface area contributed by atoms with Crippen LogP contribution in [0.1, 0.15) is 43.1 Å². The van der Waals surface area contributed by atoms with Crippen LogP contribution in [0.5, 0.6) is 11.5 Å². The summed E-state index contributed by atoms with van der Waals surface area (Å²) in [6, 6.07) is 5.52. The molecule has 1 aromatic carbocycles. The predicted octanol–water partition coefficient (Wildman–Crippen LogP) is 3.51. The minimum absolute atomic E-state index is 0.00956. The van der Waals surface area contributed by atoms with Crippen LogP contribution in [0.25, 0.3) is 10.6 Å². The number of nitrogens with one attached hydrogen (secondary N) is 1. The van der Waals surface area contributed by atoms with Crippen LogP contribution in [0.4, 0.5) is 0 Å². The highest BCUT2D eigenvalue weighted by atomic mass is 32.1. The van der Waals surface area contributed by atoms with Crippen molar-refractivity contribution in [3.05, 3.63) is 28.8 Å². The predicted molar refractivity (Wildman–Crippen MR) is 115 cm³/mol. The molecule has 7 nitrogen and oxygen atoms in total. The average Bonchev–Trinajstić information content (AvgIpc) is 3.05. The second kappa shape index (κ2) is 9.26. The largest absolute Gasteiger partial charge is 0.493 e. The third-order valence-corrected chi connectivity index (χ3v) is 5.33. The van der Waals surface area contributed by atoms with Gasteiger partial charge < -0.3 is 19.7 Å². The molecule has 0 atom stereocenters. The number of rotatable bonds is 7. The van der Waals surface area contributed by atoms with E-state index in [2.05, 4.69) is 10.3 Å². The van der Waals surface area contributed by atoms with Crippen molar-refractivity contribution >= 4 is 23.2 Å². The molecule has 0 aliphatic carbocycles. The van der Waals surface area contributed by atoms with Crippen molar-refractivity contribution in [1.82, 2.24) is 15.2 Å². The van der Waals surface area contributed by atoms with E-state index in [0.717, 1.165) is 5.56 Å². The molecule has 0 unspecified atom stereocenters. The molecule has 0 radical (unpaired) electrons. The smallest absolute Gasteiger partial charge is 0.266 e. The Morgan fingerprint density at radius 3 is 2.38 bits per heavy atom. The zero-order valence-corrected chi connectivity index (χ0v) is 18.9. The second-order valence-electron chi connectivity index (χ2n) is 7.62. The molecule has 0 saturated heterocycles. The summed E-state index contributed by atoms with van der Waals surface area (Å²) in [4.78, 5) is 31.9. The van der Waals surface area contributed by atoms with Crippen LogP contribution in [0.2, 0.25) is 0 Å². The fourth-order valence-electron chi connectivity index (χ4n) is 2.79. The van der Waals surface area contributed by atoms with E-state index in [1.807, 2.05) is 45.9 Å². The average molecular weight is 420 g/mol. The monoisotopic (exact) mass is 419 g/mol. The molecule has 1 aromatic heterocycles. The number of ether oxygens (including phenoxy) is 2. The summed E-state index contributed by atoms with van der Waals surface area (Å²) in [5.41, 5.74) is 1.13. The number of nitrogens with zero attached hydrogens (tertiary/aromatic N) is 2. The van der Waals surface area contributed by atoms with Gasteiger partial charge in [-0.2, -0.15) is 0 Å². The number of amides is 2. The lowest BCUT2D eigenvalue weighted by Crippen LogP contribution is -2.47. The molecule has 0 aliphatic rings. The minimum atomic E-state index is -0.347. The Balaban J connectivity index is 2.26. The molecule has 2 rings (SSSR count). The van der Waals surface area contributed by atoms with Crippen molar-refractivity contribution in [2.45, 2.75) is 40.2 Å². The van der Waals surface area contributed by atoms with Crippen LogP contribution < -0.4 is 14.8 Å². The summed E-state index contributed by atoms with van der Waals surface area (Å²) in [6.45, 7) is 9.82. The summed E-state index contributed by atoms with van der Waals surface area (Å²) < 4.78 is 10.6. The lowest BCUT2D eigenvalue weighted by molar-refractivity contribution is -0.123. The number of aromatic nitrogens is 1. The van der Waals surface area contributed by atoms with Crippen molar-refractivity contribution < 1.29 is 19.1 Å². The van der Waals surface area contributed by atoms with Crippen LogP contribution in [-0.2, 0) is 4.79 Å². The molecule has 158 valence electrons. The Kier molecular flexibility index (Phi) is 7.24. The summed E-state index contributed by atoms with van der Waals surface area (Å²) in [5, 5.41) is 3.60. The maximum atomic E-state index is 13.0. The zero-order valence-electron chi connectivity index (χ0n) is 18.1. The van der Waals surface area contributed by atoms with Crippen LogP contribution in [-0.4, -0.2) is 54.5 Å². The minimum Gasteiger partial charge on any atom is -0.493 e. The molecule has 0 bridgehead atoms. The first-order valence-corrected chi connectivity index (χ1v) is 10.2. The molecule has 0 spiro atoms. The number of methoxy groups -OCH3 is 2. The number of likely N-dealkylation sites (N-methyl/N-ethyl adjacent to an activating group) is 1. The van der Waals surface area contributed by atoms with Gasteiger partial charge in [-0.1, -0.05) is 0 Å². The van der Waals surface area contributed by atoms with E-state index in [0.29, 0.717) is 33.6 Å². The lowest BCUT2D eigenvalue weighted by Gasteiger charge is -2.24. The first kappa shape index (κ1) is 22.7. The number of hydrogen-bond acceptors (Lipinski definition) is 6. The summed E-state index contributed by atoms with van der Waals surface area (Å²) >= 11 is 1.31. The highest BCUT2D eigenvalue weighted by Crippen LogP contribution is 2.35. The third kappa shape index (κ3) is 5.69. The molecule has 8 heteroatoms. The van der Waals surface area contributed by atoms with Gasteiger partial charge in [-0.05, 0) is 52.8 Å².